The Labute approximate surface area is 216 Å². The lowest BCUT2D eigenvalue weighted by molar-refractivity contribution is -0.143. The maximum absolute atomic E-state index is 12.9. The molecule has 8 nitrogen and oxygen atoms in total. The molecule has 1 heterocycles. The molecule has 0 unspecified atom stereocenters. The molecule has 0 bridgehead atoms. The number of alkyl halides is 3. The minimum atomic E-state index is -4.47. The van der Waals surface area contributed by atoms with Gasteiger partial charge in [-0.1, -0.05) is 0 Å². The van der Waals surface area contributed by atoms with Crippen LogP contribution in [0.5, 0.6) is 5.75 Å². The molecule has 0 aliphatic heterocycles. The maximum atomic E-state index is 12.9. The normalized spacial score (nSPS) is 17.7. The van der Waals surface area contributed by atoms with Gasteiger partial charge < -0.3 is 25.5 Å². The number of carboxylic acid groups (broad SMARTS) is 1. The lowest BCUT2D eigenvalue weighted by Crippen LogP contribution is -2.35. The van der Waals surface area contributed by atoms with Crippen molar-refractivity contribution in [1.82, 2.24) is 15.6 Å². The molecule has 1 aliphatic rings. The molecule has 2 amide bonds. The molecule has 2 aromatic carbocycles. The first-order valence-electron chi connectivity index (χ1n) is 12.3. The first kappa shape index (κ1) is 27.0. The number of aliphatic carboxylic acids is 1. The second-order valence-electron chi connectivity index (χ2n) is 9.40. The van der Waals surface area contributed by atoms with Gasteiger partial charge in [-0.05, 0) is 80.6 Å². The van der Waals surface area contributed by atoms with E-state index in [0.29, 0.717) is 48.1 Å². The molecule has 1 fully saturated rings. The van der Waals surface area contributed by atoms with Crippen LogP contribution in [0, 0.1) is 12.8 Å². The van der Waals surface area contributed by atoms with Gasteiger partial charge in [0, 0.05) is 29.6 Å². The summed E-state index contributed by atoms with van der Waals surface area (Å²) in [4.78, 5) is 38.9. The van der Waals surface area contributed by atoms with Crippen LogP contribution in [-0.4, -0.2) is 47.1 Å². The van der Waals surface area contributed by atoms with Gasteiger partial charge in [-0.3, -0.25) is 14.4 Å². The minimum absolute atomic E-state index is 0.0581. The molecule has 0 atom stereocenters. The summed E-state index contributed by atoms with van der Waals surface area (Å²) in [5, 5.41) is 14.7. The number of hydrogen-bond donors (Lipinski definition) is 4. The Bertz CT molecular complexity index is 1340. The molecule has 1 aromatic heterocycles. The van der Waals surface area contributed by atoms with Crippen molar-refractivity contribution in [2.45, 2.75) is 44.9 Å². The zero-order valence-electron chi connectivity index (χ0n) is 20.7. The lowest BCUT2D eigenvalue weighted by Gasteiger charge is -2.27. The number of ether oxygens (including phenoxy) is 1. The summed E-state index contributed by atoms with van der Waals surface area (Å²) in [6.45, 7) is 2.05. The van der Waals surface area contributed by atoms with E-state index >= 15 is 0 Å². The molecule has 4 N–H and O–H groups in total. The van der Waals surface area contributed by atoms with Gasteiger partial charge in [0.05, 0.1) is 17.6 Å². The number of aryl methyl sites for hydroxylation is 1. The van der Waals surface area contributed by atoms with Gasteiger partial charge in [-0.2, -0.15) is 13.2 Å². The fourth-order valence-electron chi connectivity index (χ4n) is 4.56. The van der Waals surface area contributed by atoms with Crippen LogP contribution in [0.2, 0.25) is 0 Å². The first-order valence-corrected chi connectivity index (χ1v) is 12.3. The van der Waals surface area contributed by atoms with Gasteiger partial charge in [-0.15, -0.1) is 0 Å². The van der Waals surface area contributed by atoms with Crippen LogP contribution in [0.25, 0.3) is 10.9 Å². The van der Waals surface area contributed by atoms with Crippen LogP contribution in [-0.2, 0) is 11.0 Å². The average molecular weight is 532 g/mol. The number of carbonyl (C=O) groups is 3. The Kier molecular flexibility index (Phi) is 7.94. The molecule has 0 saturated heterocycles. The van der Waals surface area contributed by atoms with Crippen LogP contribution in [0.1, 0.15) is 57.7 Å². The van der Waals surface area contributed by atoms with Crippen LogP contribution < -0.4 is 15.4 Å². The number of carboxylic acids is 1. The van der Waals surface area contributed by atoms with Crippen molar-refractivity contribution < 1.29 is 37.4 Å². The molecule has 1 aliphatic carbocycles. The van der Waals surface area contributed by atoms with Crippen LogP contribution in [0.4, 0.5) is 13.2 Å². The van der Waals surface area contributed by atoms with Crippen molar-refractivity contribution in [3.63, 3.8) is 0 Å². The highest BCUT2D eigenvalue weighted by atomic mass is 19.4. The van der Waals surface area contributed by atoms with Crippen LogP contribution in [0.3, 0.4) is 0 Å². The Morgan fingerprint density at radius 1 is 0.974 bits per heavy atom. The summed E-state index contributed by atoms with van der Waals surface area (Å²) in [6, 6.07) is 9.67. The number of nitrogens with one attached hydrogen (secondary N) is 3. The second-order valence-corrected chi connectivity index (χ2v) is 9.40. The number of H-pyrrole nitrogens is 1. The number of hydrogen-bond acceptors (Lipinski definition) is 4. The van der Waals surface area contributed by atoms with Gasteiger partial charge in [0.15, 0.2) is 0 Å². The van der Waals surface area contributed by atoms with Crippen molar-refractivity contribution in [3.8, 4) is 5.75 Å². The number of fused-ring (bicyclic) bond motifs is 1. The van der Waals surface area contributed by atoms with E-state index in [1.165, 1.54) is 12.1 Å². The predicted octanol–water partition coefficient (Wildman–Crippen LogP) is 4.68. The molecule has 11 heteroatoms. The number of halogens is 3. The highest BCUT2D eigenvalue weighted by molar-refractivity contribution is 5.98. The lowest BCUT2D eigenvalue weighted by atomic mass is 9.87. The summed E-state index contributed by atoms with van der Waals surface area (Å²) in [5.74, 6) is -1.29. The van der Waals surface area contributed by atoms with Crippen molar-refractivity contribution >= 4 is 28.7 Å². The third-order valence-electron chi connectivity index (χ3n) is 6.66. The van der Waals surface area contributed by atoms with E-state index in [2.05, 4.69) is 15.6 Å². The third kappa shape index (κ3) is 6.45. The molecule has 1 saturated carbocycles. The number of carbonyl (C=O) groups excluding carboxylic acids is 2. The van der Waals surface area contributed by atoms with E-state index < -0.39 is 23.6 Å². The molecule has 0 radical (unpaired) electrons. The van der Waals surface area contributed by atoms with E-state index in [1.807, 2.05) is 0 Å². The molecular formula is C27H28F3N3O5. The predicted molar refractivity (Wildman–Crippen MR) is 133 cm³/mol. The van der Waals surface area contributed by atoms with Crippen LogP contribution in [0.15, 0.2) is 42.5 Å². The van der Waals surface area contributed by atoms with Crippen molar-refractivity contribution in [2.24, 2.45) is 5.92 Å². The molecule has 38 heavy (non-hydrogen) atoms. The highest BCUT2D eigenvalue weighted by Crippen LogP contribution is 2.32. The summed E-state index contributed by atoms with van der Waals surface area (Å²) in [5.41, 5.74) is 0.895. The minimum Gasteiger partial charge on any atom is -0.490 e. The summed E-state index contributed by atoms with van der Waals surface area (Å²) in [7, 11) is 0. The Morgan fingerprint density at radius 2 is 1.66 bits per heavy atom. The molecule has 4 rings (SSSR count). The zero-order chi connectivity index (χ0) is 27.4. The largest absolute Gasteiger partial charge is 0.490 e. The third-order valence-corrected chi connectivity index (χ3v) is 6.66. The van der Waals surface area contributed by atoms with E-state index in [-0.39, 0.29) is 42.1 Å². The van der Waals surface area contributed by atoms with E-state index in [0.717, 1.165) is 12.1 Å². The summed E-state index contributed by atoms with van der Waals surface area (Å²) >= 11 is 0. The van der Waals surface area contributed by atoms with Crippen molar-refractivity contribution in [2.75, 3.05) is 13.1 Å². The molecule has 0 spiro atoms. The quantitative estimate of drug-likeness (QED) is 0.315. The van der Waals surface area contributed by atoms with E-state index in [9.17, 15) is 27.6 Å². The Hall–Kier alpha value is -4.02. The average Bonchev–Trinajstić information content (AvgIpc) is 3.30. The summed E-state index contributed by atoms with van der Waals surface area (Å²) < 4.78 is 44.7. The molecule has 202 valence electrons. The SMILES string of the molecule is Cc1cc(O[C@H]2CC[C@@H](C(=O)O)CC2)ccc1C(=O)NCCNC(=O)c1cc2cc(C(F)(F)F)ccc2[nH]1. The van der Waals surface area contributed by atoms with Crippen molar-refractivity contribution in [3.05, 3.63) is 64.8 Å². The first-order chi connectivity index (χ1) is 18.0. The number of rotatable bonds is 8. The Morgan fingerprint density at radius 3 is 2.29 bits per heavy atom. The van der Waals surface area contributed by atoms with Gasteiger partial charge >= 0.3 is 12.1 Å². The summed E-state index contributed by atoms with van der Waals surface area (Å²) in [6.07, 6.45) is -2.04. The Balaban J connectivity index is 1.24. The standard InChI is InChI=1S/C27H28F3N3O5/c1-15-12-20(38-19-5-2-16(3-6-19)26(36)37)7-8-21(15)24(34)31-10-11-32-25(35)23-14-17-13-18(27(28,29)30)4-9-22(17)33-23/h4,7-9,12-14,16,19,33H,2-3,5-6,10-11H2,1H3,(H,31,34)(H,32,35)(H,36,37)/t16-,19+. The second kappa shape index (κ2) is 11.2. The fraction of sp³-hybridized carbons (Fsp3) is 0.370. The zero-order valence-corrected chi connectivity index (χ0v) is 20.7. The number of aromatic nitrogens is 1. The van der Waals surface area contributed by atoms with Gasteiger partial charge in [0.1, 0.15) is 11.4 Å². The van der Waals surface area contributed by atoms with E-state index in [1.54, 1.807) is 25.1 Å². The number of aromatic amines is 1. The van der Waals surface area contributed by atoms with Gasteiger partial charge in [0.25, 0.3) is 11.8 Å². The maximum Gasteiger partial charge on any atom is 0.416 e. The van der Waals surface area contributed by atoms with Gasteiger partial charge in [-0.25, -0.2) is 0 Å². The van der Waals surface area contributed by atoms with Crippen LogP contribution >= 0.6 is 0 Å². The smallest absolute Gasteiger partial charge is 0.416 e. The highest BCUT2D eigenvalue weighted by Gasteiger charge is 2.30. The van der Waals surface area contributed by atoms with E-state index in [4.69, 9.17) is 9.84 Å². The number of amides is 2. The molecule has 3 aromatic rings. The van der Waals surface area contributed by atoms with Crippen molar-refractivity contribution in [1.29, 1.82) is 0 Å². The fourth-order valence-corrected chi connectivity index (χ4v) is 4.56. The van der Waals surface area contributed by atoms with Gasteiger partial charge in [0.2, 0.25) is 0 Å². The number of benzene rings is 2. The topological polar surface area (TPSA) is 121 Å². The monoisotopic (exact) mass is 531 g/mol. The molecular weight excluding hydrogens is 503 g/mol.